The first-order chi connectivity index (χ1) is 10.6. The maximum Gasteiger partial charge on any atom is 0.253 e. The third kappa shape index (κ3) is 6.37. The standard InChI is InChI=1S/C17H26N2O3.ClH/c1-12(2)8-9-21-14-5-3-4-13(10-14)19-17(20)16-7-6-15(11-18)22-16;/h3-5,10,12,15-16H,6-9,11,18H2,1-2H3,(H,19,20);1H/t15-,16+;/m1./s1. The predicted molar refractivity (Wildman–Crippen MR) is 94.2 cm³/mol. The number of carbonyl (C=O) groups excluding carboxylic acids is 1. The first kappa shape index (κ1) is 19.7. The van der Waals surface area contributed by atoms with Crippen LogP contribution in [0.25, 0.3) is 0 Å². The summed E-state index contributed by atoms with van der Waals surface area (Å²) in [6.45, 7) is 5.47. The molecule has 0 saturated carbocycles. The number of ether oxygens (including phenoxy) is 2. The average Bonchev–Trinajstić information content (AvgIpc) is 2.96. The fourth-order valence-electron chi connectivity index (χ4n) is 2.37. The van der Waals surface area contributed by atoms with Crippen molar-refractivity contribution in [3.8, 4) is 5.75 Å². The Morgan fingerprint density at radius 2 is 2.22 bits per heavy atom. The van der Waals surface area contributed by atoms with E-state index < -0.39 is 6.10 Å². The van der Waals surface area contributed by atoms with Crippen LogP contribution in [0.3, 0.4) is 0 Å². The fourth-order valence-corrected chi connectivity index (χ4v) is 2.37. The minimum atomic E-state index is -0.404. The van der Waals surface area contributed by atoms with Gasteiger partial charge >= 0.3 is 0 Å². The predicted octanol–water partition coefficient (Wildman–Crippen LogP) is 2.98. The van der Waals surface area contributed by atoms with Crippen molar-refractivity contribution in [2.24, 2.45) is 11.7 Å². The molecule has 130 valence electrons. The largest absolute Gasteiger partial charge is 0.494 e. The lowest BCUT2D eigenvalue weighted by molar-refractivity contribution is -0.126. The molecule has 1 aliphatic heterocycles. The topological polar surface area (TPSA) is 73.6 Å². The number of hydrogen-bond donors (Lipinski definition) is 2. The van der Waals surface area contributed by atoms with E-state index in [0.717, 1.165) is 30.7 Å². The maximum atomic E-state index is 12.2. The van der Waals surface area contributed by atoms with E-state index in [-0.39, 0.29) is 24.4 Å². The second kappa shape index (κ2) is 9.75. The van der Waals surface area contributed by atoms with Gasteiger partial charge in [-0.2, -0.15) is 0 Å². The van der Waals surface area contributed by atoms with Crippen molar-refractivity contribution in [3.05, 3.63) is 24.3 Å². The molecule has 1 heterocycles. The number of hydrogen-bond acceptors (Lipinski definition) is 4. The van der Waals surface area contributed by atoms with Crippen LogP contribution in [-0.2, 0) is 9.53 Å². The van der Waals surface area contributed by atoms with Gasteiger partial charge in [0, 0.05) is 18.3 Å². The number of benzene rings is 1. The molecule has 0 bridgehead atoms. The minimum absolute atomic E-state index is 0. The second-order valence-electron chi connectivity index (χ2n) is 6.11. The quantitative estimate of drug-likeness (QED) is 0.799. The van der Waals surface area contributed by atoms with Gasteiger partial charge in [0.1, 0.15) is 11.9 Å². The molecule has 1 fully saturated rings. The van der Waals surface area contributed by atoms with Crippen molar-refractivity contribution in [3.63, 3.8) is 0 Å². The lowest BCUT2D eigenvalue weighted by atomic mass is 10.1. The van der Waals surface area contributed by atoms with Crippen molar-refractivity contribution >= 4 is 24.0 Å². The lowest BCUT2D eigenvalue weighted by Crippen LogP contribution is -2.29. The number of anilines is 1. The Morgan fingerprint density at radius 3 is 2.87 bits per heavy atom. The van der Waals surface area contributed by atoms with Gasteiger partial charge in [-0.05, 0) is 37.3 Å². The van der Waals surface area contributed by atoms with E-state index in [0.29, 0.717) is 19.1 Å². The first-order valence-corrected chi connectivity index (χ1v) is 7.97. The SMILES string of the molecule is CC(C)CCOc1cccc(NC(=O)[C@@H]2CC[C@H](CN)O2)c1.Cl. The zero-order valence-corrected chi connectivity index (χ0v) is 14.6. The van der Waals surface area contributed by atoms with Crippen molar-refractivity contribution in [2.75, 3.05) is 18.5 Å². The van der Waals surface area contributed by atoms with Crippen LogP contribution >= 0.6 is 12.4 Å². The van der Waals surface area contributed by atoms with Crippen LogP contribution in [0.2, 0.25) is 0 Å². The Balaban J connectivity index is 0.00000264. The van der Waals surface area contributed by atoms with Crippen LogP contribution in [0.4, 0.5) is 5.69 Å². The third-order valence-electron chi connectivity index (χ3n) is 3.73. The Kier molecular flexibility index (Phi) is 8.37. The zero-order chi connectivity index (χ0) is 15.9. The summed E-state index contributed by atoms with van der Waals surface area (Å²) in [4.78, 5) is 12.2. The molecule has 1 saturated heterocycles. The Morgan fingerprint density at radius 1 is 1.43 bits per heavy atom. The molecule has 2 rings (SSSR count). The van der Waals surface area contributed by atoms with Gasteiger partial charge in [-0.15, -0.1) is 12.4 Å². The molecule has 0 unspecified atom stereocenters. The van der Waals surface area contributed by atoms with E-state index in [2.05, 4.69) is 19.2 Å². The van der Waals surface area contributed by atoms with E-state index in [9.17, 15) is 4.79 Å². The summed E-state index contributed by atoms with van der Waals surface area (Å²) >= 11 is 0. The third-order valence-corrected chi connectivity index (χ3v) is 3.73. The molecule has 1 amide bonds. The Hall–Kier alpha value is -1.30. The van der Waals surface area contributed by atoms with Gasteiger partial charge in [0.05, 0.1) is 12.7 Å². The molecule has 0 aromatic heterocycles. The van der Waals surface area contributed by atoms with Crippen LogP contribution in [0.1, 0.15) is 33.1 Å². The van der Waals surface area contributed by atoms with E-state index in [1.54, 1.807) is 0 Å². The van der Waals surface area contributed by atoms with Gasteiger partial charge in [0.25, 0.3) is 5.91 Å². The van der Waals surface area contributed by atoms with Crippen LogP contribution in [-0.4, -0.2) is 31.3 Å². The summed E-state index contributed by atoms with van der Waals surface area (Å²) in [6, 6.07) is 7.46. The van der Waals surface area contributed by atoms with Crippen molar-refractivity contribution < 1.29 is 14.3 Å². The molecule has 3 N–H and O–H groups in total. The summed E-state index contributed by atoms with van der Waals surface area (Å²) < 4.78 is 11.3. The highest BCUT2D eigenvalue weighted by Crippen LogP contribution is 2.22. The molecule has 0 radical (unpaired) electrons. The molecular weight excluding hydrogens is 316 g/mol. The minimum Gasteiger partial charge on any atom is -0.494 e. The molecular formula is C17H27ClN2O3. The summed E-state index contributed by atoms with van der Waals surface area (Å²) in [7, 11) is 0. The molecule has 1 aromatic carbocycles. The molecule has 5 nitrogen and oxygen atoms in total. The Bertz CT molecular complexity index is 496. The van der Waals surface area contributed by atoms with E-state index >= 15 is 0 Å². The first-order valence-electron chi connectivity index (χ1n) is 7.97. The number of carbonyl (C=O) groups is 1. The van der Waals surface area contributed by atoms with Crippen LogP contribution in [0.5, 0.6) is 5.75 Å². The highest BCUT2D eigenvalue weighted by molar-refractivity contribution is 5.94. The van der Waals surface area contributed by atoms with Gasteiger partial charge in [0.15, 0.2) is 0 Å². The second-order valence-corrected chi connectivity index (χ2v) is 6.11. The van der Waals surface area contributed by atoms with Gasteiger partial charge < -0.3 is 20.5 Å². The summed E-state index contributed by atoms with van der Waals surface area (Å²) in [5.74, 6) is 1.26. The smallest absolute Gasteiger partial charge is 0.253 e. The number of halogens is 1. The lowest BCUT2D eigenvalue weighted by Gasteiger charge is -2.14. The Labute approximate surface area is 144 Å². The molecule has 0 aliphatic carbocycles. The zero-order valence-electron chi connectivity index (χ0n) is 13.8. The fraction of sp³-hybridized carbons (Fsp3) is 0.588. The highest BCUT2D eigenvalue weighted by Gasteiger charge is 2.29. The van der Waals surface area contributed by atoms with E-state index in [1.807, 2.05) is 24.3 Å². The molecule has 2 atom stereocenters. The monoisotopic (exact) mass is 342 g/mol. The highest BCUT2D eigenvalue weighted by atomic mass is 35.5. The van der Waals surface area contributed by atoms with E-state index in [1.165, 1.54) is 0 Å². The molecule has 6 heteroatoms. The van der Waals surface area contributed by atoms with Gasteiger partial charge in [-0.25, -0.2) is 0 Å². The van der Waals surface area contributed by atoms with Crippen molar-refractivity contribution in [1.29, 1.82) is 0 Å². The number of rotatable bonds is 7. The molecule has 23 heavy (non-hydrogen) atoms. The number of nitrogens with two attached hydrogens (primary N) is 1. The normalized spacial score (nSPS) is 20.2. The number of nitrogens with one attached hydrogen (secondary N) is 1. The maximum absolute atomic E-state index is 12.2. The molecule has 1 aliphatic rings. The van der Waals surface area contributed by atoms with Crippen molar-refractivity contribution in [1.82, 2.24) is 0 Å². The average molecular weight is 343 g/mol. The van der Waals surface area contributed by atoms with E-state index in [4.69, 9.17) is 15.2 Å². The summed E-state index contributed by atoms with van der Waals surface area (Å²) in [5, 5.41) is 2.88. The molecule has 0 spiro atoms. The van der Waals surface area contributed by atoms with Gasteiger partial charge in [-0.1, -0.05) is 19.9 Å². The van der Waals surface area contributed by atoms with Crippen LogP contribution in [0, 0.1) is 5.92 Å². The van der Waals surface area contributed by atoms with Crippen LogP contribution in [0.15, 0.2) is 24.3 Å². The van der Waals surface area contributed by atoms with Crippen molar-refractivity contribution in [2.45, 2.75) is 45.3 Å². The van der Waals surface area contributed by atoms with Gasteiger partial charge in [-0.3, -0.25) is 4.79 Å². The summed E-state index contributed by atoms with van der Waals surface area (Å²) in [5.41, 5.74) is 6.29. The number of amides is 1. The van der Waals surface area contributed by atoms with Gasteiger partial charge in [0.2, 0.25) is 0 Å². The molecule has 1 aromatic rings. The summed E-state index contributed by atoms with van der Waals surface area (Å²) in [6.07, 6.45) is 2.17. The van der Waals surface area contributed by atoms with Crippen LogP contribution < -0.4 is 15.8 Å².